The van der Waals surface area contributed by atoms with Gasteiger partial charge in [-0.15, -0.1) is 6.42 Å². The maximum Gasteiger partial charge on any atom is 0.107 e. The van der Waals surface area contributed by atoms with E-state index in [-0.39, 0.29) is 0 Å². The third-order valence-corrected chi connectivity index (χ3v) is 4.71. The lowest BCUT2D eigenvalue weighted by Gasteiger charge is -2.09. The van der Waals surface area contributed by atoms with Crippen molar-refractivity contribution in [3.05, 3.63) is 0 Å². The lowest BCUT2D eigenvalue weighted by Crippen LogP contribution is -2.15. The number of hydrogen-bond donors (Lipinski definition) is 0. The van der Waals surface area contributed by atoms with Crippen LogP contribution >= 0.6 is 0 Å². The molecule has 0 N–H and O–H groups in total. The standard InChI is InChI=1S/C28H54O13/c1-3-4-30-7-8-32-11-12-34-15-16-36-19-20-38-23-24-40-27-28-41-26-25-39-22-21-37-18-17-35-14-13-33-10-9-31-6-5-29-2/h1H,4-28H2,2H3. The largest absolute Gasteiger partial charge is 0.382 e. The van der Waals surface area contributed by atoms with Crippen LogP contribution in [0, 0.1) is 12.3 Å². The van der Waals surface area contributed by atoms with E-state index >= 15 is 0 Å². The zero-order valence-electron chi connectivity index (χ0n) is 25.1. The summed E-state index contributed by atoms with van der Waals surface area (Å²) in [5, 5.41) is 0. The van der Waals surface area contributed by atoms with Crippen LogP contribution in [0.15, 0.2) is 0 Å². The molecule has 13 nitrogen and oxygen atoms in total. The summed E-state index contributed by atoms with van der Waals surface area (Å²) in [4.78, 5) is 0. The van der Waals surface area contributed by atoms with Crippen LogP contribution in [0.3, 0.4) is 0 Å². The predicted molar refractivity (Wildman–Crippen MR) is 151 cm³/mol. The van der Waals surface area contributed by atoms with Gasteiger partial charge in [-0.05, 0) is 0 Å². The second-order valence-electron chi connectivity index (χ2n) is 7.99. The molecule has 0 fully saturated rings. The summed E-state index contributed by atoms with van der Waals surface area (Å²) in [6.07, 6.45) is 5.07. The normalized spacial score (nSPS) is 11.3. The molecule has 0 aromatic heterocycles. The molecule has 13 heteroatoms. The molecule has 0 amide bonds. The fourth-order valence-electron chi connectivity index (χ4n) is 2.69. The number of terminal acetylenes is 1. The van der Waals surface area contributed by atoms with E-state index in [1.54, 1.807) is 7.11 Å². The van der Waals surface area contributed by atoms with Crippen molar-refractivity contribution in [2.45, 2.75) is 0 Å². The van der Waals surface area contributed by atoms with Crippen molar-refractivity contribution in [2.75, 3.05) is 172 Å². The Morgan fingerprint density at radius 3 is 0.634 bits per heavy atom. The zero-order chi connectivity index (χ0) is 29.6. The predicted octanol–water partition coefficient (Wildman–Crippen LogP) is 0.465. The Balaban J connectivity index is 3.02. The van der Waals surface area contributed by atoms with Crippen LogP contribution in [0.4, 0.5) is 0 Å². The minimum Gasteiger partial charge on any atom is -0.382 e. The van der Waals surface area contributed by atoms with Crippen molar-refractivity contribution < 1.29 is 61.6 Å². The van der Waals surface area contributed by atoms with Gasteiger partial charge < -0.3 is 61.6 Å². The SMILES string of the molecule is C#CCOCCOCCOCCOCCOCCOCCOCCOCCOCCOCCOCCOCCOC. The van der Waals surface area contributed by atoms with Gasteiger partial charge in [0.2, 0.25) is 0 Å². The minimum atomic E-state index is 0.308. The molecule has 0 aliphatic carbocycles. The molecule has 0 aliphatic rings. The van der Waals surface area contributed by atoms with E-state index in [1.165, 1.54) is 0 Å². The van der Waals surface area contributed by atoms with Crippen LogP contribution in [0.25, 0.3) is 0 Å². The Morgan fingerprint density at radius 1 is 0.293 bits per heavy atom. The Hall–Kier alpha value is -0.960. The molecule has 0 saturated carbocycles. The molecule has 0 unspecified atom stereocenters. The average Bonchev–Trinajstić information content (AvgIpc) is 2.98. The highest BCUT2D eigenvalue weighted by Gasteiger charge is 1.96. The van der Waals surface area contributed by atoms with E-state index in [1.807, 2.05) is 0 Å². The number of methoxy groups -OCH3 is 1. The van der Waals surface area contributed by atoms with E-state index < -0.39 is 0 Å². The van der Waals surface area contributed by atoms with Crippen LogP contribution in [0.1, 0.15) is 0 Å². The first-order chi connectivity index (χ1) is 20.4. The molecule has 41 heavy (non-hydrogen) atoms. The summed E-state index contributed by atoms with van der Waals surface area (Å²) in [5.74, 6) is 2.40. The van der Waals surface area contributed by atoms with Crippen molar-refractivity contribution in [3.8, 4) is 12.3 Å². The van der Waals surface area contributed by atoms with Gasteiger partial charge in [0.1, 0.15) is 6.61 Å². The van der Waals surface area contributed by atoms with E-state index in [2.05, 4.69) is 5.92 Å². The lowest BCUT2D eigenvalue weighted by atomic mass is 10.6. The highest BCUT2D eigenvalue weighted by Crippen LogP contribution is 1.87. The van der Waals surface area contributed by atoms with Crippen LogP contribution in [-0.4, -0.2) is 172 Å². The summed E-state index contributed by atoms with van der Waals surface area (Å²) in [7, 11) is 1.64. The van der Waals surface area contributed by atoms with E-state index in [0.717, 1.165) is 0 Å². The first-order valence-electron chi connectivity index (χ1n) is 14.3. The molecule has 0 spiro atoms. The van der Waals surface area contributed by atoms with E-state index in [9.17, 15) is 0 Å². The Labute approximate surface area is 246 Å². The molecule has 0 rings (SSSR count). The Morgan fingerprint density at radius 2 is 0.463 bits per heavy atom. The smallest absolute Gasteiger partial charge is 0.107 e. The number of ether oxygens (including phenoxy) is 13. The van der Waals surface area contributed by atoms with Gasteiger partial charge in [0.05, 0.1) is 159 Å². The number of hydrogen-bond acceptors (Lipinski definition) is 13. The highest BCUT2D eigenvalue weighted by molar-refractivity contribution is 4.82. The minimum absolute atomic E-state index is 0.308. The highest BCUT2D eigenvalue weighted by atomic mass is 16.6. The molecule has 0 bridgehead atoms. The first-order valence-corrected chi connectivity index (χ1v) is 14.3. The summed E-state index contributed by atoms with van der Waals surface area (Å²) in [6.45, 7) is 12.9. The van der Waals surface area contributed by atoms with Gasteiger partial charge in [-0.3, -0.25) is 0 Å². The molecular weight excluding hydrogens is 544 g/mol. The van der Waals surface area contributed by atoms with Gasteiger partial charge in [0.25, 0.3) is 0 Å². The van der Waals surface area contributed by atoms with Crippen molar-refractivity contribution in [1.82, 2.24) is 0 Å². The zero-order valence-corrected chi connectivity index (χ0v) is 25.1. The van der Waals surface area contributed by atoms with E-state index in [0.29, 0.717) is 165 Å². The van der Waals surface area contributed by atoms with E-state index in [4.69, 9.17) is 68.0 Å². The van der Waals surface area contributed by atoms with Gasteiger partial charge in [-0.25, -0.2) is 0 Å². The Kier molecular flexibility index (Phi) is 38.1. The molecule has 0 aliphatic heterocycles. The van der Waals surface area contributed by atoms with Crippen molar-refractivity contribution in [1.29, 1.82) is 0 Å². The van der Waals surface area contributed by atoms with Gasteiger partial charge in [-0.2, -0.15) is 0 Å². The van der Waals surface area contributed by atoms with Crippen molar-refractivity contribution in [3.63, 3.8) is 0 Å². The lowest BCUT2D eigenvalue weighted by molar-refractivity contribution is -0.0286. The maximum absolute atomic E-state index is 5.46. The summed E-state index contributed by atoms with van der Waals surface area (Å²) < 4.78 is 69.5. The fourth-order valence-corrected chi connectivity index (χ4v) is 2.69. The second kappa shape index (κ2) is 39.0. The van der Waals surface area contributed by atoms with Gasteiger partial charge >= 0.3 is 0 Å². The maximum atomic E-state index is 5.46. The molecule has 0 saturated heterocycles. The summed E-state index contributed by atoms with van der Waals surface area (Å²) in [6, 6.07) is 0. The first kappa shape index (κ1) is 40.0. The van der Waals surface area contributed by atoms with Crippen LogP contribution in [-0.2, 0) is 61.6 Å². The second-order valence-corrected chi connectivity index (χ2v) is 7.99. The van der Waals surface area contributed by atoms with Gasteiger partial charge in [0.15, 0.2) is 0 Å². The fraction of sp³-hybridized carbons (Fsp3) is 0.929. The third-order valence-electron chi connectivity index (χ3n) is 4.71. The van der Waals surface area contributed by atoms with Crippen LogP contribution in [0.5, 0.6) is 0 Å². The monoisotopic (exact) mass is 598 g/mol. The molecule has 0 heterocycles. The van der Waals surface area contributed by atoms with Gasteiger partial charge in [0, 0.05) is 7.11 Å². The molecule has 0 atom stereocenters. The van der Waals surface area contributed by atoms with Crippen molar-refractivity contribution >= 4 is 0 Å². The van der Waals surface area contributed by atoms with Crippen LogP contribution in [0.2, 0.25) is 0 Å². The third kappa shape index (κ3) is 39.0. The molecule has 244 valence electrons. The Bertz CT molecular complexity index is 508. The molecule has 0 radical (unpaired) electrons. The van der Waals surface area contributed by atoms with Crippen molar-refractivity contribution in [2.24, 2.45) is 0 Å². The molecule has 0 aromatic rings. The van der Waals surface area contributed by atoms with Crippen LogP contribution < -0.4 is 0 Å². The topological polar surface area (TPSA) is 120 Å². The quantitative estimate of drug-likeness (QED) is 0.0728. The molecule has 0 aromatic carbocycles. The molecular formula is C28H54O13. The number of rotatable bonds is 37. The summed E-state index contributed by atoms with van der Waals surface area (Å²) in [5.41, 5.74) is 0. The summed E-state index contributed by atoms with van der Waals surface area (Å²) >= 11 is 0. The average molecular weight is 599 g/mol. The van der Waals surface area contributed by atoms with Gasteiger partial charge in [-0.1, -0.05) is 5.92 Å².